The highest BCUT2D eigenvalue weighted by atomic mass is 16.2. The first kappa shape index (κ1) is 13.1. The summed E-state index contributed by atoms with van der Waals surface area (Å²) in [7, 11) is 0. The Hall–Kier alpha value is -2.37. The largest absolute Gasteiger partial charge is 0.352 e. The number of aromatic amines is 2. The number of hydrogen-bond donors (Lipinski definition) is 3. The highest BCUT2D eigenvalue weighted by Gasteiger charge is 2.04. The van der Waals surface area contributed by atoms with Crippen LogP contribution in [-0.4, -0.2) is 21.7 Å². The first-order valence-corrected chi connectivity index (χ1v) is 6.01. The van der Waals surface area contributed by atoms with Crippen LogP contribution >= 0.6 is 0 Å². The van der Waals surface area contributed by atoms with Gasteiger partial charge in [0.25, 0.3) is 0 Å². The molecule has 0 bridgehead atoms. The smallest absolute Gasteiger partial charge is 0.323 e. The minimum Gasteiger partial charge on any atom is -0.352 e. The highest BCUT2D eigenvalue weighted by Crippen LogP contribution is 2.09. The summed E-state index contributed by atoms with van der Waals surface area (Å²) in [6.07, 6.45) is 0.467. The number of ketones is 1. The predicted molar refractivity (Wildman–Crippen MR) is 70.7 cm³/mol. The molecule has 0 radical (unpaired) electrons. The maximum absolute atomic E-state index is 11.5. The Morgan fingerprint density at radius 3 is 2.63 bits per heavy atom. The molecule has 2 rings (SSSR count). The zero-order valence-corrected chi connectivity index (χ0v) is 10.6. The summed E-state index contributed by atoms with van der Waals surface area (Å²) in [5, 5.41) is 2.73. The number of carbonyl (C=O) groups excluding carboxylic acids is 2. The van der Waals surface area contributed by atoms with Gasteiger partial charge in [0, 0.05) is 19.4 Å². The monoisotopic (exact) mass is 261 g/mol. The number of benzene rings is 1. The van der Waals surface area contributed by atoms with Crippen molar-refractivity contribution in [2.75, 3.05) is 0 Å². The molecule has 0 unspecified atom stereocenters. The van der Waals surface area contributed by atoms with Crippen LogP contribution in [0.5, 0.6) is 0 Å². The van der Waals surface area contributed by atoms with E-state index in [1.165, 1.54) is 6.92 Å². The second-order valence-electron chi connectivity index (χ2n) is 4.44. The maximum atomic E-state index is 11.5. The second-order valence-corrected chi connectivity index (χ2v) is 4.44. The molecule has 0 aliphatic heterocycles. The molecule has 6 nitrogen and oxygen atoms in total. The van der Waals surface area contributed by atoms with E-state index in [2.05, 4.69) is 15.3 Å². The number of hydrogen-bond acceptors (Lipinski definition) is 3. The average molecular weight is 261 g/mol. The first-order chi connectivity index (χ1) is 9.04. The van der Waals surface area contributed by atoms with E-state index in [-0.39, 0.29) is 30.2 Å². The number of carbonyl (C=O) groups is 2. The molecular formula is C13H15N3O3. The third-order valence-corrected chi connectivity index (χ3v) is 2.77. The number of fused-ring (bicyclic) bond motifs is 1. The Balaban J connectivity index is 1.95. The van der Waals surface area contributed by atoms with Crippen molar-refractivity contribution in [2.45, 2.75) is 26.3 Å². The van der Waals surface area contributed by atoms with Gasteiger partial charge in [-0.05, 0) is 24.6 Å². The fraction of sp³-hybridized carbons (Fsp3) is 0.308. The summed E-state index contributed by atoms with van der Waals surface area (Å²) in [6.45, 7) is 1.84. The number of aromatic nitrogens is 2. The molecule has 0 aliphatic rings. The van der Waals surface area contributed by atoms with Gasteiger partial charge in [-0.2, -0.15) is 0 Å². The molecule has 0 atom stereocenters. The van der Waals surface area contributed by atoms with Crippen molar-refractivity contribution < 1.29 is 9.59 Å². The third-order valence-electron chi connectivity index (χ3n) is 2.77. The van der Waals surface area contributed by atoms with Gasteiger partial charge in [0.05, 0.1) is 11.0 Å². The van der Waals surface area contributed by atoms with Gasteiger partial charge < -0.3 is 20.1 Å². The minimum absolute atomic E-state index is 0.00136. The Kier molecular flexibility index (Phi) is 3.79. The zero-order chi connectivity index (χ0) is 13.8. The summed E-state index contributed by atoms with van der Waals surface area (Å²) in [5.74, 6) is -0.153. The molecule has 0 aliphatic carbocycles. The van der Waals surface area contributed by atoms with Gasteiger partial charge >= 0.3 is 5.69 Å². The molecule has 2 aromatic rings. The molecule has 0 saturated carbocycles. The summed E-state index contributed by atoms with van der Waals surface area (Å²) in [4.78, 5) is 38.6. The Labute approximate surface area is 109 Å². The van der Waals surface area contributed by atoms with Crippen molar-refractivity contribution in [3.8, 4) is 0 Å². The van der Waals surface area contributed by atoms with E-state index in [9.17, 15) is 14.4 Å². The molecule has 6 heteroatoms. The Morgan fingerprint density at radius 2 is 1.89 bits per heavy atom. The van der Waals surface area contributed by atoms with Crippen molar-refractivity contribution in [3.05, 3.63) is 34.2 Å². The third kappa shape index (κ3) is 3.54. The van der Waals surface area contributed by atoms with Crippen LogP contribution in [0.4, 0.5) is 0 Å². The zero-order valence-electron chi connectivity index (χ0n) is 10.6. The van der Waals surface area contributed by atoms with Crippen molar-refractivity contribution in [2.24, 2.45) is 0 Å². The van der Waals surface area contributed by atoms with E-state index >= 15 is 0 Å². The fourth-order valence-corrected chi connectivity index (χ4v) is 1.77. The number of rotatable bonds is 5. The van der Waals surface area contributed by atoms with Crippen molar-refractivity contribution >= 4 is 22.7 Å². The van der Waals surface area contributed by atoms with E-state index in [1.54, 1.807) is 12.1 Å². The van der Waals surface area contributed by atoms with Crippen LogP contribution < -0.4 is 11.0 Å². The molecule has 0 spiro atoms. The van der Waals surface area contributed by atoms with Crippen LogP contribution in [0.25, 0.3) is 11.0 Å². The second kappa shape index (κ2) is 5.51. The molecule has 3 N–H and O–H groups in total. The van der Waals surface area contributed by atoms with Gasteiger partial charge in [-0.15, -0.1) is 0 Å². The molecule has 100 valence electrons. The molecule has 1 amide bonds. The van der Waals surface area contributed by atoms with Crippen molar-refractivity contribution in [1.29, 1.82) is 0 Å². The lowest BCUT2D eigenvalue weighted by Crippen LogP contribution is -2.22. The average Bonchev–Trinajstić information content (AvgIpc) is 2.73. The van der Waals surface area contributed by atoms with Gasteiger partial charge in [0.2, 0.25) is 5.91 Å². The quantitative estimate of drug-likeness (QED) is 0.744. The van der Waals surface area contributed by atoms with Gasteiger partial charge in [-0.3, -0.25) is 4.79 Å². The number of amides is 1. The van der Waals surface area contributed by atoms with E-state index < -0.39 is 0 Å². The predicted octanol–water partition coefficient (Wildman–Crippen LogP) is 0.842. The van der Waals surface area contributed by atoms with E-state index in [1.807, 2.05) is 6.07 Å². The summed E-state index contributed by atoms with van der Waals surface area (Å²) in [5.41, 5.74) is 2.08. The molecule has 1 heterocycles. The lowest BCUT2D eigenvalue weighted by Gasteiger charge is -2.04. The number of nitrogens with one attached hydrogen (secondary N) is 3. The molecule has 1 aromatic carbocycles. The first-order valence-electron chi connectivity index (χ1n) is 6.01. The van der Waals surface area contributed by atoms with E-state index in [0.717, 1.165) is 11.1 Å². The van der Waals surface area contributed by atoms with E-state index in [4.69, 9.17) is 0 Å². The van der Waals surface area contributed by atoms with Crippen molar-refractivity contribution in [1.82, 2.24) is 15.3 Å². The topological polar surface area (TPSA) is 94.8 Å². The molecule has 0 fully saturated rings. The van der Waals surface area contributed by atoms with Gasteiger partial charge in [-0.1, -0.05) is 6.07 Å². The fourth-order valence-electron chi connectivity index (χ4n) is 1.77. The standard InChI is InChI=1S/C13H15N3O3/c1-8(17)2-5-12(18)14-7-9-3-4-10-11(6-9)16-13(19)15-10/h3-4,6H,2,5,7H2,1H3,(H,14,18)(H2,15,16,19). The van der Waals surface area contributed by atoms with E-state index in [0.29, 0.717) is 12.1 Å². The minimum atomic E-state index is -0.252. The van der Waals surface area contributed by atoms with Crippen LogP contribution in [0, 0.1) is 0 Å². The van der Waals surface area contributed by atoms with Crippen LogP contribution in [0.15, 0.2) is 23.0 Å². The normalized spacial score (nSPS) is 10.6. The highest BCUT2D eigenvalue weighted by molar-refractivity contribution is 5.83. The van der Waals surface area contributed by atoms with Crippen LogP contribution in [-0.2, 0) is 16.1 Å². The lowest BCUT2D eigenvalue weighted by atomic mass is 10.2. The van der Waals surface area contributed by atoms with Crippen LogP contribution in [0.2, 0.25) is 0 Å². The van der Waals surface area contributed by atoms with Crippen LogP contribution in [0.1, 0.15) is 25.3 Å². The van der Waals surface area contributed by atoms with Gasteiger partial charge in [0.15, 0.2) is 0 Å². The summed E-state index contributed by atoms with van der Waals surface area (Å²) < 4.78 is 0. The van der Waals surface area contributed by atoms with Crippen LogP contribution in [0.3, 0.4) is 0 Å². The Bertz CT molecular complexity index is 669. The molecular weight excluding hydrogens is 246 g/mol. The number of Topliss-reactive ketones (excluding diaryl/α,β-unsaturated/α-hetero) is 1. The number of H-pyrrole nitrogens is 2. The van der Waals surface area contributed by atoms with Crippen molar-refractivity contribution in [3.63, 3.8) is 0 Å². The van der Waals surface area contributed by atoms with Gasteiger partial charge in [-0.25, -0.2) is 4.79 Å². The molecule has 19 heavy (non-hydrogen) atoms. The van der Waals surface area contributed by atoms with Gasteiger partial charge in [0.1, 0.15) is 5.78 Å². The number of imidazole rings is 1. The lowest BCUT2D eigenvalue weighted by molar-refractivity contribution is -0.124. The molecule has 0 saturated heterocycles. The molecule has 1 aromatic heterocycles. The summed E-state index contributed by atoms with van der Waals surface area (Å²) >= 11 is 0. The maximum Gasteiger partial charge on any atom is 0.323 e. The Morgan fingerprint density at radius 1 is 1.16 bits per heavy atom. The SMILES string of the molecule is CC(=O)CCC(=O)NCc1ccc2[nH]c(=O)[nH]c2c1. The summed E-state index contributed by atoms with van der Waals surface area (Å²) in [6, 6.07) is 5.42.